The zero-order chi connectivity index (χ0) is 24.8. The normalized spacial score (nSPS) is 14.3. The van der Waals surface area contributed by atoms with Gasteiger partial charge in [-0.05, 0) is 48.6 Å². The average Bonchev–Trinajstić information content (AvgIpc) is 3.27. The van der Waals surface area contributed by atoms with Gasteiger partial charge in [-0.1, -0.05) is 43.2 Å². The SMILES string of the molecule is O=C(CN(c1ccccc1F)S(=O)(=O)c1cccs1)Nc1ccccc1C(=O)N1CCCCCC1. The van der Waals surface area contributed by atoms with Gasteiger partial charge in [-0.3, -0.25) is 13.9 Å². The molecule has 0 atom stereocenters. The molecule has 2 amide bonds. The molecule has 0 unspecified atom stereocenters. The summed E-state index contributed by atoms with van der Waals surface area (Å²) in [5, 5.41) is 4.27. The van der Waals surface area contributed by atoms with Crippen molar-refractivity contribution >= 4 is 44.5 Å². The highest BCUT2D eigenvalue weighted by Crippen LogP contribution is 2.29. The van der Waals surface area contributed by atoms with Gasteiger partial charge in [0.15, 0.2) is 0 Å². The van der Waals surface area contributed by atoms with E-state index in [9.17, 15) is 22.4 Å². The maximum absolute atomic E-state index is 14.6. The lowest BCUT2D eigenvalue weighted by atomic mass is 10.1. The zero-order valence-electron chi connectivity index (χ0n) is 19.0. The van der Waals surface area contributed by atoms with Crippen molar-refractivity contribution in [1.82, 2.24) is 4.90 Å². The molecule has 1 N–H and O–H groups in total. The number of para-hydroxylation sites is 2. The highest BCUT2D eigenvalue weighted by Gasteiger charge is 2.30. The second kappa shape index (κ2) is 11.0. The fraction of sp³-hybridized carbons (Fsp3) is 0.280. The maximum atomic E-state index is 14.6. The van der Waals surface area contributed by atoms with E-state index in [-0.39, 0.29) is 21.5 Å². The van der Waals surface area contributed by atoms with Crippen LogP contribution in [0.2, 0.25) is 0 Å². The van der Waals surface area contributed by atoms with Crippen LogP contribution in [0.3, 0.4) is 0 Å². The number of amides is 2. The van der Waals surface area contributed by atoms with Crippen LogP contribution in [0.25, 0.3) is 0 Å². The number of likely N-dealkylation sites (tertiary alicyclic amines) is 1. The lowest BCUT2D eigenvalue weighted by Crippen LogP contribution is -2.39. The van der Waals surface area contributed by atoms with Gasteiger partial charge in [0.25, 0.3) is 15.9 Å². The summed E-state index contributed by atoms with van der Waals surface area (Å²) in [7, 11) is -4.19. The van der Waals surface area contributed by atoms with E-state index in [2.05, 4.69) is 5.32 Å². The Balaban J connectivity index is 1.60. The molecule has 184 valence electrons. The molecule has 2 aromatic carbocycles. The number of anilines is 2. The fourth-order valence-corrected chi connectivity index (χ4v) is 6.55. The Hall–Kier alpha value is -3.24. The van der Waals surface area contributed by atoms with Gasteiger partial charge in [-0.25, -0.2) is 12.8 Å². The Morgan fingerprint density at radius 1 is 0.943 bits per heavy atom. The number of rotatable bonds is 7. The third-order valence-electron chi connectivity index (χ3n) is 5.77. The summed E-state index contributed by atoms with van der Waals surface area (Å²) in [5.41, 5.74) is 0.389. The summed E-state index contributed by atoms with van der Waals surface area (Å²) in [4.78, 5) is 28.0. The van der Waals surface area contributed by atoms with Crippen molar-refractivity contribution in [1.29, 1.82) is 0 Å². The van der Waals surface area contributed by atoms with Gasteiger partial charge in [-0.15, -0.1) is 11.3 Å². The number of carbonyl (C=O) groups is 2. The number of hydrogen-bond acceptors (Lipinski definition) is 5. The second-order valence-electron chi connectivity index (χ2n) is 8.20. The molecule has 0 spiro atoms. The van der Waals surface area contributed by atoms with Crippen molar-refractivity contribution in [2.45, 2.75) is 29.9 Å². The van der Waals surface area contributed by atoms with Gasteiger partial charge in [0.2, 0.25) is 5.91 Å². The van der Waals surface area contributed by atoms with Crippen molar-refractivity contribution in [3.63, 3.8) is 0 Å². The Morgan fingerprint density at radius 2 is 1.63 bits per heavy atom. The standard InChI is InChI=1S/C25H26FN3O4S2/c26-20-11-4-6-13-22(20)29(35(32,33)24-14-9-17-34-24)18-23(30)27-21-12-5-3-10-19(21)25(31)28-15-7-1-2-8-16-28/h3-6,9-14,17H,1-2,7-8,15-16,18H2,(H,27,30). The van der Waals surface area contributed by atoms with Gasteiger partial charge >= 0.3 is 0 Å². The minimum Gasteiger partial charge on any atom is -0.339 e. The summed E-state index contributed by atoms with van der Waals surface area (Å²) in [5.74, 6) is -1.64. The highest BCUT2D eigenvalue weighted by atomic mass is 32.2. The molecule has 1 fully saturated rings. The Morgan fingerprint density at radius 3 is 2.31 bits per heavy atom. The average molecular weight is 516 g/mol. The Labute approximate surface area is 208 Å². The number of hydrogen-bond donors (Lipinski definition) is 1. The third-order valence-corrected chi connectivity index (χ3v) is 8.91. The largest absolute Gasteiger partial charge is 0.339 e. The number of nitrogens with zero attached hydrogens (tertiary/aromatic N) is 2. The summed E-state index contributed by atoms with van der Waals surface area (Å²) in [6, 6.07) is 15.0. The monoisotopic (exact) mass is 515 g/mol. The van der Waals surface area contributed by atoms with Crippen LogP contribution >= 0.6 is 11.3 Å². The number of halogens is 1. The van der Waals surface area contributed by atoms with Crippen molar-refractivity contribution in [2.24, 2.45) is 0 Å². The van der Waals surface area contributed by atoms with E-state index in [4.69, 9.17) is 0 Å². The van der Waals surface area contributed by atoms with E-state index in [1.54, 1.807) is 40.6 Å². The van der Waals surface area contributed by atoms with Crippen LogP contribution in [0, 0.1) is 5.82 Å². The predicted octanol–water partition coefficient (Wildman–Crippen LogP) is 4.74. The highest BCUT2D eigenvalue weighted by molar-refractivity contribution is 7.94. The predicted molar refractivity (Wildman–Crippen MR) is 135 cm³/mol. The molecule has 0 radical (unpaired) electrons. The Bertz CT molecular complexity index is 1290. The van der Waals surface area contributed by atoms with Gasteiger partial charge < -0.3 is 10.2 Å². The van der Waals surface area contributed by atoms with Crippen LogP contribution < -0.4 is 9.62 Å². The van der Waals surface area contributed by atoms with Crippen LogP contribution in [0.5, 0.6) is 0 Å². The number of thiophene rings is 1. The summed E-state index contributed by atoms with van der Waals surface area (Å²) in [6.07, 6.45) is 4.01. The van der Waals surface area contributed by atoms with Gasteiger partial charge in [0.05, 0.1) is 16.9 Å². The molecule has 3 aromatic rings. The van der Waals surface area contributed by atoms with Crippen LogP contribution in [-0.2, 0) is 14.8 Å². The van der Waals surface area contributed by atoms with E-state index in [1.807, 2.05) is 0 Å². The van der Waals surface area contributed by atoms with Crippen LogP contribution in [-0.4, -0.2) is 44.8 Å². The summed E-state index contributed by atoms with van der Waals surface area (Å²) >= 11 is 0.980. The van der Waals surface area contributed by atoms with Crippen LogP contribution in [0.4, 0.5) is 15.8 Å². The lowest BCUT2D eigenvalue weighted by molar-refractivity contribution is -0.114. The van der Waals surface area contributed by atoms with E-state index >= 15 is 0 Å². The summed E-state index contributed by atoms with van der Waals surface area (Å²) < 4.78 is 41.9. The molecule has 35 heavy (non-hydrogen) atoms. The van der Waals surface area contributed by atoms with Crippen LogP contribution in [0.15, 0.2) is 70.3 Å². The van der Waals surface area contributed by atoms with Gasteiger partial charge in [0, 0.05) is 13.1 Å². The van der Waals surface area contributed by atoms with E-state index < -0.39 is 28.3 Å². The molecule has 7 nitrogen and oxygen atoms in total. The molecule has 1 aromatic heterocycles. The Kier molecular flexibility index (Phi) is 7.82. The van der Waals surface area contributed by atoms with Crippen LogP contribution in [0.1, 0.15) is 36.0 Å². The molecule has 0 saturated carbocycles. The molecule has 1 saturated heterocycles. The zero-order valence-corrected chi connectivity index (χ0v) is 20.7. The maximum Gasteiger partial charge on any atom is 0.274 e. The molecular formula is C25H26FN3O4S2. The topological polar surface area (TPSA) is 86.8 Å². The van der Waals surface area contributed by atoms with Crippen molar-refractivity contribution < 1.29 is 22.4 Å². The van der Waals surface area contributed by atoms with E-state index in [0.29, 0.717) is 18.7 Å². The number of sulfonamides is 1. The fourth-order valence-electron chi connectivity index (χ4n) is 4.02. The van der Waals surface area contributed by atoms with E-state index in [0.717, 1.165) is 47.4 Å². The number of nitrogens with one attached hydrogen (secondary N) is 1. The molecule has 1 aliphatic rings. The van der Waals surface area contributed by atoms with Gasteiger partial charge in [-0.2, -0.15) is 0 Å². The first-order valence-corrected chi connectivity index (χ1v) is 13.7. The second-order valence-corrected chi connectivity index (χ2v) is 11.2. The number of benzene rings is 2. The first kappa shape index (κ1) is 24.9. The molecule has 0 bridgehead atoms. The molecular weight excluding hydrogens is 489 g/mol. The first-order chi connectivity index (χ1) is 16.9. The van der Waals surface area contributed by atoms with E-state index in [1.165, 1.54) is 24.3 Å². The molecule has 10 heteroatoms. The first-order valence-electron chi connectivity index (χ1n) is 11.4. The molecule has 0 aliphatic carbocycles. The lowest BCUT2D eigenvalue weighted by Gasteiger charge is -2.24. The molecule has 4 rings (SSSR count). The van der Waals surface area contributed by atoms with Crippen molar-refractivity contribution in [3.05, 3.63) is 77.4 Å². The number of carbonyl (C=O) groups excluding carboxylic acids is 2. The van der Waals surface area contributed by atoms with Gasteiger partial charge in [0.1, 0.15) is 16.6 Å². The minimum atomic E-state index is -4.19. The smallest absolute Gasteiger partial charge is 0.274 e. The quantitative estimate of drug-likeness (QED) is 0.493. The molecule has 2 heterocycles. The van der Waals surface area contributed by atoms with Crippen molar-refractivity contribution in [2.75, 3.05) is 29.3 Å². The third kappa shape index (κ3) is 5.71. The van der Waals surface area contributed by atoms with Crippen molar-refractivity contribution in [3.8, 4) is 0 Å². The minimum absolute atomic E-state index is 0.00899. The summed E-state index contributed by atoms with van der Waals surface area (Å²) in [6.45, 7) is 0.649. The molecule has 1 aliphatic heterocycles.